The largest absolute Gasteiger partial charge is 0.341 e. The van der Waals surface area contributed by atoms with Crippen molar-refractivity contribution in [1.82, 2.24) is 9.97 Å². The van der Waals surface area contributed by atoms with Crippen molar-refractivity contribution in [2.75, 3.05) is 23.3 Å². The highest BCUT2D eigenvalue weighted by atomic mass is 16.1. The molecule has 22 heavy (non-hydrogen) atoms. The smallest absolute Gasteiger partial charge is 0.227 e. The first-order valence-electron chi connectivity index (χ1n) is 7.62. The molecule has 1 fully saturated rings. The summed E-state index contributed by atoms with van der Waals surface area (Å²) in [6.45, 7) is 3.64. The second-order valence-electron chi connectivity index (χ2n) is 5.61. The first kappa shape index (κ1) is 14.5. The van der Waals surface area contributed by atoms with Crippen molar-refractivity contribution in [1.29, 1.82) is 0 Å². The number of piperidine rings is 1. The van der Waals surface area contributed by atoms with Crippen molar-refractivity contribution in [2.24, 2.45) is 5.92 Å². The van der Waals surface area contributed by atoms with Crippen LogP contribution < -0.4 is 10.2 Å². The Balaban J connectivity index is 1.57. The van der Waals surface area contributed by atoms with Crippen molar-refractivity contribution in [3.8, 4) is 0 Å². The minimum atomic E-state index is 0.0552. The lowest BCUT2D eigenvalue weighted by molar-refractivity contribution is -0.120. The number of rotatable bonds is 3. The van der Waals surface area contributed by atoms with Crippen molar-refractivity contribution in [3.05, 3.63) is 48.3 Å². The summed E-state index contributed by atoms with van der Waals surface area (Å²) in [5.41, 5.74) is 1.99. The molecular formula is C17H20N4O. The Hall–Kier alpha value is -2.43. The molecule has 1 aromatic heterocycles. The van der Waals surface area contributed by atoms with E-state index in [9.17, 15) is 4.79 Å². The van der Waals surface area contributed by atoms with Gasteiger partial charge < -0.3 is 10.2 Å². The monoisotopic (exact) mass is 296 g/mol. The van der Waals surface area contributed by atoms with E-state index in [1.807, 2.05) is 37.3 Å². The van der Waals surface area contributed by atoms with E-state index in [0.717, 1.165) is 43.1 Å². The minimum Gasteiger partial charge on any atom is -0.341 e. The van der Waals surface area contributed by atoms with Gasteiger partial charge in [-0.2, -0.15) is 0 Å². The number of hydrogen-bond acceptors (Lipinski definition) is 4. The molecule has 1 aliphatic heterocycles. The molecule has 5 nitrogen and oxygen atoms in total. The zero-order valence-corrected chi connectivity index (χ0v) is 12.7. The van der Waals surface area contributed by atoms with Gasteiger partial charge in [-0.25, -0.2) is 9.97 Å². The van der Waals surface area contributed by atoms with Gasteiger partial charge in [-0.15, -0.1) is 0 Å². The van der Waals surface area contributed by atoms with Crippen LogP contribution in [0.1, 0.15) is 18.4 Å². The van der Waals surface area contributed by atoms with E-state index in [2.05, 4.69) is 20.2 Å². The SMILES string of the molecule is Cc1ccccc1NC(=O)C1CCN(c2ncccn2)CC1. The molecule has 2 heterocycles. The van der Waals surface area contributed by atoms with Gasteiger partial charge in [0.15, 0.2) is 0 Å². The molecule has 0 aliphatic carbocycles. The topological polar surface area (TPSA) is 58.1 Å². The second kappa shape index (κ2) is 6.56. The summed E-state index contributed by atoms with van der Waals surface area (Å²) in [7, 11) is 0. The van der Waals surface area contributed by atoms with Crippen LogP contribution in [0.2, 0.25) is 0 Å². The van der Waals surface area contributed by atoms with Crippen LogP contribution in [0.4, 0.5) is 11.6 Å². The van der Waals surface area contributed by atoms with E-state index in [4.69, 9.17) is 0 Å². The number of nitrogens with zero attached hydrogens (tertiary/aromatic N) is 3. The fraction of sp³-hybridized carbons (Fsp3) is 0.353. The number of hydrogen-bond donors (Lipinski definition) is 1. The van der Waals surface area contributed by atoms with Gasteiger partial charge in [-0.05, 0) is 37.5 Å². The molecule has 0 atom stereocenters. The van der Waals surface area contributed by atoms with E-state index in [-0.39, 0.29) is 11.8 Å². The fourth-order valence-electron chi connectivity index (χ4n) is 2.74. The van der Waals surface area contributed by atoms with E-state index < -0.39 is 0 Å². The number of carbonyl (C=O) groups is 1. The molecule has 1 aromatic carbocycles. The summed E-state index contributed by atoms with van der Waals surface area (Å²) in [6, 6.07) is 9.68. The summed E-state index contributed by atoms with van der Waals surface area (Å²) >= 11 is 0. The molecule has 1 saturated heterocycles. The first-order chi connectivity index (χ1) is 10.7. The van der Waals surface area contributed by atoms with Crippen molar-refractivity contribution in [2.45, 2.75) is 19.8 Å². The highest BCUT2D eigenvalue weighted by Gasteiger charge is 2.26. The maximum atomic E-state index is 12.4. The van der Waals surface area contributed by atoms with Crippen LogP contribution in [0.5, 0.6) is 0 Å². The molecule has 0 bridgehead atoms. The lowest BCUT2D eigenvalue weighted by Crippen LogP contribution is -2.39. The van der Waals surface area contributed by atoms with Gasteiger partial charge >= 0.3 is 0 Å². The third-order valence-corrected chi connectivity index (χ3v) is 4.10. The fourth-order valence-corrected chi connectivity index (χ4v) is 2.74. The van der Waals surface area contributed by atoms with Crippen molar-refractivity contribution < 1.29 is 4.79 Å². The minimum absolute atomic E-state index is 0.0552. The molecule has 1 amide bonds. The third-order valence-electron chi connectivity index (χ3n) is 4.10. The first-order valence-corrected chi connectivity index (χ1v) is 7.62. The molecule has 1 N–H and O–H groups in total. The molecule has 3 rings (SSSR count). The van der Waals surface area contributed by atoms with Gasteiger partial charge in [0, 0.05) is 37.1 Å². The number of benzene rings is 1. The predicted molar refractivity (Wildman–Crippen MR) is 86.8 cm³/mol. The number of aromatic nitrogens is 2. The Morgan fingerprint density at radius 1 is 1.14 bits per heavy atom. The lowest BCUT2D eigenvalue weighted by atomic mass is 9.96. The molecule has 2 aromatic rings. The summed E-state index contributed by atoms with van der Waals surface area (Å²) in [4.78, 5) is 23.1. The molecule has 114 valence electrons. The van der Waals surface area contributed by atoms with E-state index in [1.165, 1.54) is 0 Å². The van der Waals surface area contributed by atoms with Crippen LogP contribution in [0.3, 0.4) is 0 Å². The van der Waals surface area contributed by atoms with Gasteiger partial charge in [-0.3, -0.25) is 4.79 Å². The third kappa shape index (κ3) is 3.24. The quantitative estimate of drug-likeness (QED) is 0.946. The van der Waals surface area contributed by atoms with E-state index >= 15 is 0 Å². The van der Waals surface area contributed by atoms with Crippen LogP contribution in [0.25, 0.3) is 0 Å². The molecular weight excluding hydrogens is 276 g/mol. The normalized spacial score (nSPS) is 15.6. The lowest BCUT2D eigenvalue weighted by Gasteiger charge is -2.31. The highest BCUT2D eigenvalue weighted by Crippen LogP contribution is 2.22. The van der Waals surface area contributed by atoms with Crippen LogP contribution >= 0.6 is 0 Å². The number of aryl methyl sites for hydroxylation is 1. The second-order valence-corrected chi connectivity index (χ2v) is 5.61. The zero-order chi connectivity index (χ0) is 15.4. The Labute approximate surface area is 130 Å². The zero-order valence-electron chi connectivity index (χ0n) is 12.7. The van der Waals surface area contributed by atoms with Crippen LogP contribution in [0.15, 0.2) is 42.7 Å². The number of amides is 1. The van der Waals surface area contributed by atoms with Gasteiger partial charge in [0.2, 0.25) is 11.9 Å². The number of nitrogens with one attached hydrogen (secondary N) is 1. The number of para-hydroxylation sites is 1. The maximum absolute atomic E-state index is 12.4. The Morgan fingerprint density at radius 3 is 2.50 bits per heavy atom. The average Bonchev–Trinajstić information content (AvgIpc) is 2.58. The van der Waals surface area contributed by atoms with Crippen LogP contribution in [0, 0.1) is 12.8 Å². The molecule has 0 unspecified atom stereocenters. The molecule has 1 aliphatic rings. The van der Waals surface area contributed by atoms with Crippen molar-refractivity contribution in [3.63, 3.8) is 0 Å². The van der Waals surface area contributed by atoms with Gasteiger partial charge in [0.25, 0.3) is 0 Å². The summed E-state index contributed by atoms with van der Waals surface area (Å²) in [5, 5.41) is 3.05. The number of carbonyl (C=O) groups excluding carboxylic acids is 1. The highest BCUT2D eigenvalue weighted by molar-refractivity contribution is 5.93. The van der Waals surface area contributed by atoms with Crippen molar-refractivity contribution >= 4 is 17.5 Å². The molecule has 0 saturated carbocycles. The van der Waals surface area contributed by atoms with Crippen LogP contribution in [-0.4, -0.2) is 29.0 Å². The van der Waals surface area contributed by atoms with E-state index in [1.54, 1.807) is 12.4 Å². The van der Waals surface area contributed by atoms with E-state index in [0.29, 0.717) is 0 Å². The van der Waals surface area contributed by atoms with Gasteiger partial charge in [0.1, 0.15) is 0 Å². The standard InChI is InChI=1S/C17H20N4O/c1-13-5-2-3-6-15(13)20-16(22)14-7-11-21(12-8-14)17-18-9-4-10-19-17/h2-6,9-10,14H,7-8,11-12H2,1H3,(H,20,22). The number of anilines is 2. The Morgan fingerprint density at radius 2 is 1.82 bits per heavy atom. The molecule has 5 heteroatoms. The summed E-state index contributed by atoms with van der Waals surface area (Å²) in [5.74, 6) is 0.919. The van der Waals surface area contributed by atoms with Gasteiger partial charge in [-0.1, -0.05) is 18.2 Å². The molecule has 0 radical (unpaired) electrons. The average molecular weight is 296 g/mol. The Kier molecular flexibility index (Phi) is 4.32. The van der Waals surface area contributed by atoms with Crippen LogP contribution in [-0.2, 0) is 4.79 Å². The summed E-state index contributed by atoms with van der Waals surface area (Å²) in [6.07, 6.45) is 5.16. The molecule has 0 spiro atoms. The maximum Gasteiger partial charge on any atom is 0.227 e. The van der Waals surface area contributed by atoms with Gasteiger partial charge in [0.05, 0.1) is 0 Å². The summed E-state index contributed by atoms with van der Waals surface area (Å²) < 4.78 is 0. The Bertz CT molecular complexity index is 636. The predicted octanol–water partition coefficient (Wildman–Crippen LogP) is 2.64.